The van der Waals surface area contributed by atoms with E-state index in [0.717, 1.165) is 30.7 Å². The molecule has 1 fully saturated rings. The molecule has 0 aromatic heterocycles. The van der Waals surface area contributed by atoms with Gasteiger partial charge < -0.3 is 0 Å². The Morgan fingerprint density at radius 3 is 2.87 bits per heavy atom. The van der Waals surface area contributed by atoms with Gasteiger partial charge in [0.1, 0.15) is 5.78 Å². The van der Waals surface area contributed by atoms with Crippen LogP contribution in [0.4, 0.5) is 0 Å². The zero-order valence-corrected chi connectivity index (χ0v) is 9.68. The van der Waals surface area contributed by atoms with Crippen LogP contribution in [0.2, 0.25) is 5.02 Å². The zero-order chi connectivity index (χ0) is 10.9. The van der Waals surface area contributed by atoms with Crippen LogP contribution in [0.15, 0.2) is 24.3 Å². The van der Waals surface area contributed by atoms with E-state index in [4.69, 9.17) is 11.6 Å². The molecule has 0 saturated heterocycles. The van der Waals surface area contributed by atoms with Crippen LogP contribution in [-0.2, 0) is 11.2 Å². The summed E-state index contributed by atoms with van der Waals surface area (Å²) in [6, 6.07) is 7.93. The van der Waals surface area contributed by atoms with Crippen LogP contribution in [0.25, 0.3) is 0 Å². The molecule has 1 aliphatic carbocycles. The highest BCUT2D eigenvalue weighted by atomic mass is 35.5. The molecule has 80 valence electrons. The summed E-state index contributed by atoms with van der Waals surface area (Å²) in [6.45, 7) is 2.19. The Labute approximate surface area is 95.4 Å². The molecular weight excluding hydrogens is 208 g/mol. The molecule has 1 atom stereocenters. The summed E-state index contributed by atoms with van der Waals surface area (Å²) in [6.07, 6.45) is 3.44. The van der Waals surface area contributed by atoms with Gasteiger partial charge in [-0.2, -0.15) is 0 Å². The van der Waals surface area contributed by atoms with Crippen molar-refractivity contribution in [2.45, 2.75) is 32.6 Å². The fourth-order valence-corrected chi connectivity index (χ4v) is 2.60. The first-order chi connectivity index (χ1) is 7.07. The number of ketones is 1. The first kappa shape index (κ1) is 10.7. The average Bonchev–Trinajstić information content (AvgIpc) is 2.45. The van der Waals surface area contributed by atoms with E-state index in [0.29, 0.717) is 5.78 Å². The second-order valence-electron chi connectivity index (χ2n) is 4.83. The predicted octanol–water partition coefficient (Wildman–Crippen LogP) is 3.64. The lowest BCUT2D eigenvalue weighted by Gasteiger charge is -2.22. The van der Waals surface area contributed by atoms with E-state index in [-0.39, 0.29) is 5.41 Å². The number of carbonyl (C=O) groups excluding carboxylic acids is 1. The molecular formula is C13H15ClO. The molecule has 1 unspecified atom stereocenters. The van der Waals surface area contributed by atoms with Gasteiger partial charge in [-0.15, -0.1) is 0 Å². The molecule has 2 heteroatoms. The second kappa shape index (κ2) is 3.97. The first-order valence-electron chi connectivity index (χ1n) is 5.34. The van der Waals surface area contributed by atoms with E-state index in [9.17, 15) is 4.79 Å². The molecule has 1 aromatic rings. The Kier molecular flexibility index (Phi) is 2.83. The fourth-order valence-electron chi connectivity index (χ4n) is 2.38. The van der Waals surface area contributed by atoms with Crippen molar-refractivity contribution in [2.24, 2.45) is 5.41 Å². The highest BCUT2D eigenvalue weighted by Gasteiger charge is 2.33. The minimum Gasteiger partial charge on any atom is -0.300 e. The van der Waals surface area contributed by atoms with Gasteiger partial charge in [-0.3, -0.25) is 4.79 Å². The minimum atomic E-state index is 0.155. The van der Waals surface area contributed by atoms with Gasteiger partial charge in [0.15, 0.2) is 0 Å². The van der Waals surface area contributed by atoms with Gasteiger partial charge in [-0.1, -0.05) is 30.7 Å². The first-order valence-corrected chi connectivity index (χ1v) is 5.71. The Hall–Kier alpha value is -0.820. The third-order valence-corrected chi connectivity index (χ3v) is 3.39. The zero-order valence-electron chi connectivity index (χ0n) is 8.92. The van der Waals surface area contributed by atoms with Crippen LogP contribution in [0.1, 0.15) is 31.7 Å². The fraction of sp³-hybridized carbons (Fsp3) is 0.462. The number of carbonyl (C=O) groups is 1. The Balaban J connectivity index is 2.11. The highest BCUT2D eigenvalue weighted by molar-refractivity contribution is 6.30. The lowest BCUT2D eigenvalue weighted by Crippen LogP contribution is -2.15. The van der Waals surface area contributed by atoms with E-state index in [1.807, 2.05) is 18.2 Å². The van der Waals surface area contributed by atoms with Crippen molar-refractivity contribution in [3.8, 4) is 0 Å². The molecule has 15 heavy (non-hydrogen) atoms. The highest BCUT2D eigenvalue weighted by Crippen LogP contribution is 2.38. The summed E-state index contributed by atoms with van der Waals surface area (Å²) >= 11 is 5.94. The number of hydrogen-bond acceptors (Lipinski definition) is 1. The number of benzene rings is 1. The minimum absolute atomic E-state index is 0.155. The summed E-state index contributed by atoms with van der Waals surface area (Å²) < 4.78 is 0. The van der Waals surface area contributed by atoms with Gasteiger partial charge in [-0.25, -0.2) is 0 Å². The van der Waals surface area contributed by atoms with Gasteiger partial charge in [-0.05, 0) is 36.0 Å². The number of rotatable bonds is 2. The van der Waals surface area contributed by atoms with Crippen molar-refractivity contribution in [1.29, 1.82) is 0 Å². The van der Waals surface area contributed by atoms with Crippen molar-refractivity contribution in [3.63, 3.8) is 0 Å². The smallest absolute Gasteiger partial charge is 0.133 e. The molecule has 1 aromatic carbocycles. The Morgan fingerprint density at radius 2 is 2.27 bits per heavy atom. The monoisotopic (exact) mass is 222 g/mol. The van der Waals surface area contributed by atoms with Crippen LogP contribution in [0, 0.1) is 5.41 Å². The summed E-state index contributed by atoms with van der Waals surface area (Å²) in [4.78, 5) is 11.3. The van der Waals surface area contributed by atoms with Crippen LogP contribution < -0.4 is 0 Å². The van der Waals surface area contributed by atoms with E-state index in [2.05, 4.69) is 13.0 Å². The predicted molar refractivity (Wildman–Crippen MR) is 62.1 cm³/mol. The van der Waals surface area contributed by atoms with Gasteiger partial charge in [0.25, 0.3) is 0 Å². The number of Topliss-reactive ketones (excluding diaryl/α,β-unsaturated/α-hetero) is 1. The second-order valence-corrected chi connectivity index (χ2v) is 5.27. The topological polar surface area (TPSA) is 17.1 Å². The maximum Gasteiger partial charge on any atom is 0.133 e. The van der Waals surface area contributed by atoms with Crippen molar-refractivity contribution in [3.05, 3.63) is 34.9 Å². The molecule has 0 spiro atoms. The molecule has 0 aliphatic heterocycles. The van der Waals surface area contributed by atoms with Crippen molar-refractivity contribution in [1.82, 2.24) is 0 Å². The quantitative estimate of drug-likeness (QED) is 0.747. The van der Waals surface area contributed by atoms with Gasteiger partial charge in [0.05, 0.1) is 0 Å². The van der Waals surface area contributed by atoms with Crippen molar-refractivity contribution in [2.75, 3.05) is 0 Å². The SMILES string of the molecule is CC1(Cc2cccc(Cl)c2)CCC(=O)C1. The maximum absolute atomic E-state index is 11.3. The van der Waals surface area contributed by atoms with Gasteiger partial charge in [0, 0.05) is 17.9 Å². The van der Waals surface area contributed by atoms with Crippen LogP contribution in [0.5, 0.6) is 0 Å². The standard InChI is InChI=1S/C13H15ClO/c1-13(6-5-12(15)9-13)8-10-3-2-4-11(14)7-10/h2-4,7H,5-6,8-9H2,1H3. The van der Waals surface area contributed by atoms with Gasteiger partial charge >= 0.3 is 0 Å². The molecule has 1 nitrogen and oxygen atoms in total. The largest absolute Gasteiger partial charge is 0.300 e. The molecule has 0 heterocycles. The third-order valence-electron chi connectivity index (χ3n) is 3.15. The average molecular weight is 223 g/mol. The normalized spacial score (nSPS) is 25.9. The van der Waals surface area contributed by atoms with Crippen molar-refractivity contribution < 1.29 is 4.79 Å². The van der Waals surface area contributed by atoms with E-state index in [1.165, 1.54) is 5.56 Å². The third kappa shape index (κ3) is 2.60. The van der Waals surface area contributed by atoms with E-state index < -0.39 is 0 Å². The number of hydrogen-bond donors (Lipinski definition) is 0. The Bertz CT molecular complexity index is 386. The Morgan fingerprint density at radius 1 is 1.47 bits per heavy atom. The van der Waals surface area contributed by atoms with Crippen LogP contribution in [-0.4, -0.2) is 5.78 Å². The molecule has 0 radical (unpaired) electrons. The molecule has 0 amide bonds. The lowest BCUT2D eigenvalue weighted by molar-refractivity contribution is -0.117. The maximum atomic E-state index is 11.3. The van der Waals surface area contributed by atoms with E-state index >= 15 is 0 Å². The van der Waals surface area contributed by atoms with Crippen LogP contribution >= 0.6 is 11.6 Å². The lowest BCUT2D eigenvalue weighted by atomic mass is 9.82. The van der Waals surface area contributed by atoms with Gasteiger partial charge in [0.2, 0.25) is 0 Å². The molecule has 2 rings (SSSR count). The van der Waals surface area contributed by atoms with E-state index in [1.54, 1.807) is 0 Å². The molecule has 1 saturated carbocycles. The summed E-state index contributed by atoms with van der Waals surface area (Å²) in [5, 5.41) is 0.778. The number of halogens is 1. The summed E-state index contributed by atoms with van der Waals surface area (Å²) in [5.74, 6) is 0.402. The van der Waals surface area contributed by atoms with Crippen molar-refractivity contribution >= 4 is 17.4 Å². The molecule has 0 bridgehead atoms. The molecule has 0 N–H and O–H groups in total. The van der Waals surface area contributed by atoms with Crippen LogP contribution in [0.3, 0.4) is 0 Å². The molecule has 1 aliphatic rings. The summed E-state index contributed by atoms with van der Waals surface area (Å²) in [5.41, 5.74) is 1.39. The summed E-state index contributed by atoms with van der Waals surface area (Å²) in [7, 11) is 0.